The monoisotopic (exact) mass is 397 g/mol. The molecule has 0 fully saturated rings. The SMILES string of the molecule is CN(C)c1ccc(N=Nc2ccc(S(=O)(=O)Oc3ccc(O)cc3)cc2)cc1. The highest BCUT2D eigenvalue weighted by Gasteiger charge is 2.16. The fourth-order valence-corrected chi connectivity index (χ4v) is 3.22. The third kappa shape index (κ3) is 4.86. The van der Waals surface area contributed by atoms with Gasteiger partial charge in [-0.25, -0.2) is 0 Å². The van der Waals surface area contributed by atoms with Crippen molar-refractivity contribution in [3.8, 4) is 11.5 Å². The van der Waals surface area contributed by atoms with Crippen LogP contribution in [0.5, 0.6) is 11.5 Å². The van der Waals surface area contributed by atoms with Gasteiger partial charge in [-0.15, -0.1) is 0 Å². The van der Waals surface area contributed by atoms with E-state index in [0.717, 1.165) is 5.69 Å². The van der Waals surface area contributed by atoms with E-state index in [1.54, 1.807) is 12.1 Å². The lowest BCUT2D eigenvalue weighted by atomic mass is 10.3. The molecule has 0 unspecified atom stereocenters. The van der Waals surface area contributed by atoms with Gasteiger partial charge in [0.05, 0.1) is 11.4 Å². The smallest absolute Gasteiger partial charge is 0.339 e. The lowest BCUT2D eigenvalue weighted by molar-refractivity contribution is 0.468. The average Bonchev–Trinajstić information content (AvgIpc) is 2.68. The molecule has 1 N–H and O–H groups in total. The van der Waals surface area contributed by atoms with Crippen molar-refractivity contribution in [2.75, 3.05) is 19.0 Å². The topological polar surface area (TPSA) is 91.6 Å². The van der Waals surface area contributed by atoms with Gasteiger partial charge in [0.25, 0.3) is 0 Å². The van der Waals surface area contributed by atoms with Crippen molar-refractivity contribution >= 4 is 27.2 Å². The summed E-state index contributed by atoms with van der Waals surface area (Å²) in [7, 11) is -0.0698. The maximum Gasteiger partial charge on any atom is 0.339 e. The van der Waals surface area contributed by atoms with E-state index in [9.17, 15) is 13.5 Å². The Kier molecular flexibility index (Phi) is 5.60. The first-order valence-electron chi connectivity index (χ1n) is 8.36. The van der Waals surface area contributed by atoms with E-state index in [-0.39, 0.29) is 16.4 Å². The van der Waals surface area contributed by atoms with Crippen LogP contribution in [0, 0.1) is 0 Å². The minimum atomic E-state index is -3.98. The zero-order valence-electron chi connectivity index (χ0n) is 15.4. The highest BCUT2D eigenvalue weighted by Crippen LogP contribution is 2.24. The van der Waals surface area contributed by atoms with Crippen LogP contribution in [0.25, 0.3) is 0 Å². The molecule has 0 radical (unpaired) electrons. The highest BCUT2D eigenvalue weighted by molar-refractivity contribution is 7.87. The molecule has 0 aromatic heterocycles. The molecule has 0 aliphatic carbocycles. The lowest BCUT2D eigenvalue weighted by Gasteiger charge is -2.11. The molecule has 0 bridgehead atoms. The Morgan fingerprint density at radius 1 is 0.786 bits per heavy atom. The second-order valence-corrected chi connectivity index (χ2v) is 7.68. The molecular formula is C20H19N3O4S. The van der Waals surface area contributed by atoms with Crippen LogP contribution in [0.15, 0.2) is 87.9 Å². The second kappa shape index (κ2) is 8.10. The van der Waals surface area contributed by atoms with Crippen LogP contribution in [0.4, 0.5) is 17.1 Å². The van der Waals surface area contributed by atoms with Gasteiger partial charge in [-0.1, -0.05) is 0 Å². The van der Waals surface area contributed by atoms with Crippen LogP contribution in [0.1, 0.15) is 0 Å². The minimum absolute atomic E-state index is 0.00476. The lowest BCUT2D eigenvalue weighted by Crippen LogP contribution is -2.09. The Bertz CT molecular complexity index is 1060. The first kappa shape index (κ1) is 19.4. The van der Waals surface area contributed by atoms with Crippen molar-refractivity contribution in [2.24, 2.45) is 10.2 Å². The summed E-state index contributed by atoms with van der Waals surface area (Å²) in [6.07, 6.45) is 0. The largest absolute Gasteiger partial charge is 0.508 e. The quantitative estimate of drug-likeness (QED) is 0.483. The zero-order chi connectivity index (χ0) is 20.1. The molecule has 7 nitrogen and oxygen atoms in total. The third-order valence-corrected chi connectivity index (χ3v) is 5.08. The van der Waals surface area contributed by atoms with E-state index in [1.807, 2.05) is 43.3 Å². The summed E-state index contributed by atoms with van der Waals surface area (Å²) in [6, 6.07) is 18.9. The number of phenolic OH excluding ortho intramolecular Hbond substituents is 1. The molecule has 144 valence electrons. The average molecular weight is 397 g/mol. The number of aromatic hydroxyl groups is 1. The van der Waals surface area contributed by atoms with Crippen molar-refractivity contribution in [3.63, 3.8) is 0 Å². The Labute approximate surface area is 163 Å². The summed E-state index contributed by atoms with van der Waals surface area (Å²) in [4.78, 5) is 1.98. The molecule has 0 amide bonds. The number of nitrogens with zero attached hydrogens (tertiary/aromatic N) is 3. The summed E-state index contributed by atoms with van der Waals surface area (Å²) in [5.41, 5.74) is 2.26. The summed E-state index contributed by atoms with van der Waals surface area (Å²) in [6.45, 7) is 0. The van der Waals surface area contributed by atoms with Crippen molar-refractivity contribution in [1.82, 2.24) is 0 Å². The number of rotatable bonds is 6. The van der Waals surface area contributed by atoms with Crippen LogP contribution in [-0.2, 0) is 10.1 Å². The molecule has 8 heteroatoms. The molecule has 0 saturated carbocycles. The summed E-state index contributed by atoms with van der Waals surface area (Å²) in [5, 5.41) is 17.5. The van der Waals surface area contributed by atoms with Crippen molar-refractivity contribution in [1.29, 1.82) is 0 Å². The van der Waals surface area contributed by atoms with Crippen LogP contribution >= 0.6 is 0 Å². The molecule has 3 aromatic rings. The Hall–Kier alpha value is -3.39. The number of anilines is 1. The standard InChI is InChI=1S/C20H19N3O4S/c1-23(2)17-7-3-15(4-8-17)21-22-16-5-13-20(14-6-16)28(25,26)27-19-11-9-18(24)10-12-19/h3-14,24H,1-2H3. The second-order valence-electron chi connectivity index (χ2n) is 6.14. The molecule has 0 heterocycles. The molecular weight excluding hydrogens is 378 g/mol. The first-order chi connectivity index (χ1) is 13.3. The Morgan fingerprint density at radius 2 is 1.29 bits per heavy atom. The fourth-order valence-electron chi connectivity index (χ4n) is 2.29. The molecule has 0 saturated heterocycles. The first-order valence-corrected chi connectivity index (χ1v) is 9.77. The van der Waals surface area contributed by atoms with E-state index in [1.165, 1.54) is 36.4 Å². The van der Waals surface area contributed by atoms with E-state index in [0.29, 0.717) is 11.4 Å². The molecule has 0 aliphatic rings. The van der Waals surface area contributed by atoms with Gasteiger partial charge in [-0.05, 0) is 72.8 Å². The molecule has 3 rings (SSSR count). The Morgan fingerprint density at radius 3 is 1.79 bits per heavy atom. The van der Waals surface area contributed by atoms with Gasteiger partial charge in [-0.2, -0.15) is 18.6 Å². The number of hydrogen-bond acceptors (Lipinski definition) is 7. The van der Waals surface area contributed by atoms with Gasteiger partial charge in [0.2, 0.25) is 0 Å². The maximum absolute atomic E-state index is 12.3. The van der Waals surface area contributed by atoms with E-state index in [4.69, 9.17) is 4.18 Å². The van der Waals surface area contributed by atoms with E-state index >= 15 is 0 Å². The van der Waals surface area contributed by atoms with Crippen molar-refractivity contribution in [2.45, 2.75) is 4.90 Å². The van der Waals surface area contributed by atoms with Gasteiger partial charge in [0, 0.05) is 19.8 Å². The number of hydrogen-bond donors (Lipinski definition) is 1. The minimum Gasteiger partial charge on any atom is -0.508 e. The molecule has 28 heavy (non-hydrogen) atoms. The van der Waals surface area contributed by atoms with E-state index < -0.39 is 10.1 Å². The zero-order valence-corrected chi connectivity index (χ0v) is 16.2. The van der Waals surface area contributed by atoms with Crippen molar-refractivity contribution in [3.05, 3.63) is 72.8 Å². The molecule has 0 aliphatic heterocycles. The fraction of sp³-hybridized carbons (Fsp3) is 0.100. The molecule has 0 spiro atoms. The highest BCUT2D eigenvalue weighted by atomic mass is 32.2. The Balaban J connectivity index is 1.70. The van der Waals surface area contributed by atoms with Crippen LogP contribution in [-0.4, -0.2) is 27.6 Å². The van der Waals surface area contributed by atoms with Crippen LogP contribution in [0.3, 0.4) is 0 Å². The van der Waals surface area contributed by atoms with Gasteiger partial charge in [0.1, 0.15) is 16.4 Å². The van der Waals surface area contributed by atoms with Gasteiger partial charge in [0.15, 0.2) is 0 Å². The number of phenols is 1. The van der Waals surface area contributed by atoms with Crippen molar-refractivity contribution < 1.29 is 17.7 Å². The van der Waals surface area contributed by atoms with Gasteiger partial charge >= 0.3 is 10.1 Å². The summed E-state index contributed by atoms with van der Waals surface area (Å²) < 4.78 is 29.7. The maximum atomic E-state index is 12.3. The predicted octanol–water partition coefficient (Wildman–Crippen LogP) is 4.64. The molecule has 3 aromatic carbocycles. The van der Waals surface area contributed by atoms with Gasteiger partial charge in [-0.3, -0.25) is 0 Å². The normalized spacial score (nSPS) is 11.5. The number of benzene rings is 3. The van der Waals surface area contributed by atoms with Gasteiger partial charge < -0.3 is 14.2 Å². The number of azo groups is 1. The summed E-state index contributed by atoms with van der Waals surface area (Å²) >= 11 is 0. The predicted molar refractivity (Wildman–Crippen MR) is 107 cm³/mol. The summed E-state index contributed by atoms with van der Waals surface area (Å²) in [5.74, 6) is 0.138. The molecule has 0 atom stereocenters. The van der Waals surface area contributed by atoms with E-state index in [2.05, 4.69) is 10.2 Å². The van der Waals surface area contributed by atoms with Crippen LogP contribution in [0.2, 0.25) is 0 Å². The van der Waals surface area contributed by atoms with Crippen LogP contribution < -0.4 is 9.08 Å². The third-order valence-electron chi connectivity index (χ3n) is 3.82.